The number of nitrogens with two attached hydrogens (primary N) is 1. The van der Waals surface area contributed by atoms with Crippen LogP contribution in [0.5, 0.6) is 5.75 Å². The van der Waals surface area contributed by atoms with Crippen LogP contribution in [-0.2, 0) is 13.0 Å². The minimum atomic E-state index is 0.0615. The highest BCUT2D eigenvalue weighted by Crippen LogP contribution is 2.19. The molecule has 0 spiro atoms. The average Bonchev–Trinajstić information content (AvgIpc) is 3.09. The second-order valence-electron chi connectivity index (χ2n) is 5.73. The molecule has 124 valence electrons. The number of aryl methyl sites for hydroxylation is 1. The van der Waals surface area contributed by atoms with Gasteiger partial charge in [-0.25, -0.2) is 4.98 Å². The lowest BCUT2D eigenvalue weighted by molar-refractivity contribution is 0.170. The summed E-state index contributed by atoms with van der Waals surface area (Å²) in [6.07, 6.45) is 7.50. The van der Waals surface area contributed by atoms with Crippen molar-refractivity contribution >= 4 is 21.6 Å². The number of hydrogen-bond acceptors (Lipinski definition) is 3. The van der Waals surface area contributed by atoms with Gasteiger partial charge in [-0.3, -0.25) is 0 Å². The molecule has 5 heteroatoms. The number of halogens is 1. The number of hydrogen-bond donors (Lipinski definition) is 1. The molecular weight excluding hydrogens is 366 g/mol. The summed E-state index contributed by atoms with van der Waals surface area (Å²) in [7, 11) is 0. The van der Waals surface area contributed by atoms with Gasteiger partial charge in [-0.2, -0.15) is 0 Å². The van der Waals surface area contributed by atoms with Gasteiger partial charge >= 0.3 is 0 Å². The van der Waals surface area contributed by atoms with Crippen LogP contribution in [0.25, 0.3) is 0 Å². The minimum Gasteiger partial charge on any atom is -0.489 e. The lowest BCUT2D eigenvalue weighted by Gasteiger charge is -2.20. The molecule has 0 bridgehead atoms. The summed E-state index contributed by atoms with van der Waals surface area (Å²) < 4.78 is 9.32. The van der Waals surface area contributed by atoms with E-state index in [1.54, 1.807) is 6.20 Å². The van der Waals surface area contributed by atoms with Crippen LogP contribution in [0.1, 0.15) is 12.0 Å². The Kier molecular flexibility index (Phi) is 5.54. The van der Waals surface area contributed by atoms with Gasteiger partial charge in [-0.05, 0) is 54.8 Å². The fraction of sp³-hybridized carbons (Fsp3) is 0.211. The van der Waals surface area contributed by atoms with E-state index in [1.807, 2.05) is 41.4 Å². The Morgan fingerprint density at radius 1 is 1.08 bits per heavy atom. The summed E-state index contributed by atoms with van der Waals surface area (Å²) in [4.78, 5) is 4.11. The molecule has 1 heterocycles. The van der Waals surface area contributed by atoms with E-state index in [0.29, 0.717) is 0 Å². The molecule has 4 nitrogen and oxygen atoms in total. The third-order valence-electron chi connectivity index (χ3n) is 3.82. The number of benzene rings is 2. The van der Waals surface area contributed by atoms with Gasteiger partial charge in [-0.15, -0.1) is 0 Å². The highest BCUT2D eigenvalue weighted by atomic mass is 79.9. The second kappa shape index (κ2) is 8.02. The van der Waals surface area contributed by atoms with Gasteiger partial charge in [0.05, 0.1) is 12.9 Å². The van der Waals surface area contributed by atoms with Gasteiger partial charge in [-0.1, -0.05) is 28.1 Å². The summed E-state index contributed by atoms with van der Waals surface area (Å²) in [6.45, 7) is 0.765. The van der Waals surface area contributed by atoms with Crippen molar-refractivity contribution in [1.82, 2.24) is 9.55 Å². The average molecular weight is 386 g/mol. The molecule has 0 aliphatic rings. The summed E-state index contributed by atoms with van der Waals surface area (Å²) >= 11 is 3.47. The van der Waals surface area contributed by atoms with E-state index in [1.165, 1.54) is 5.56 Å². The number of nitrogens with zero attached hydrogens (tertiary/aromatic N) is 2. The van der Waals surface area contributed by atoms with Crippen molar-refractivity contribution in [3.8, 4) is 5.75 Å². The molecule has 1 aromatic heterocycles. The Hall–Kier alpha value is -2.27. The van der Waals surface area contributed by atoms with E-state index in [0.717, 1.165) is 35.3 Å². The number of ether oxygens (including phenoxy) is 1. The highest BCUT2D eigenvalue weighted by molar-refractivity contribution is 9.10. The second-order valence-corrected chi connectivity index (χ2v) is 6.65. The SMILES string of the molecule is Nc1ccc(OC(CCc2ccc(Br)cc2)Cn2ccnc2)cc1. The Balaban J connectivity index is 1.66. The third-order valence-corrected chi connectivity index (χ3v) is 4.35. The van der Waals surface area contributed by atoms with Crippen molar-refractivity contribution in [1.29, 1.82) is 0 Å². The van der Waals surface area contributed by atoms with E-state index >= 15 is 0 Å². The van der Waals surface area contributed by atoms with Gasteiger partial charge in [0.15, 0.2) is 0 Å². The lowest BCUT2D eigenvalue weighted by Crippen LogP contribution is -2.23. The molecule has 2 aromatic carbocycles. The number of imidazole rings is 1. The molecule has 3 rings (SSSR count). The lowest BCUT2D eigenvalue weighted by atomic mass is 10.1. The Labute approximate surface area is 150 Å². The van der Waals surface area contributed by atoms with Crippen molar-refractivity contribution in [2.75, 3.05) is 5.73 Å². The first-order valence-corrected chi connectivity index (χ1v) is 8.71. The zero-order valence-corrected chi connectivity index (χ0v) is 14.9. The molecule has 0 aliphatic heterocycles. The van der Waals surface area contributed by atoms with Gasteiger partial charge < -0.3 is 15.0 Å². The molecule has 0 radical (unpaired) electrons. The van der Waals surface area contributed by atoms with Gasteiger partial charge in [0.2, 0.25) is 0 Å². The fourth-order valence-electron chi connectivity index (χ4n) is 2.53. The molecule has 0 fully saturated rings. The number of nitrogen functional groups attached to an aromatic ring is 1. The van der Waals surface area contributed by atoms with E-state index in [2.05, 4.69) is 45.2 Å². The van der Waals surface area contributed by atoms with E-state index in [4.69, 9.17) is 10.5 Å². The van der Waals surface area contributed by atoms with Crippen molar-refractivity contribution < 1.29 is 4.74 Å². The van der Waals surface area contributed by atoms with Gasteiger partial charge in [0.25, 0.3) is 0 Å². The highest BCUT2D eigenvalue weighted by Gasteiger charge is 2.12. The predicted molar refractivity (Wildman–Crippen MR) is 100.0 cm³/mol. The number of anilines is 1. The van der Waals surface area contributed by atoms with E-state index in [-0.39, 0.29) is 6.10 Å². The fourth-order valence-corrected chi connectivity index (χ4v) is 2.80. The van der Waals surface area contributed by atoms with Crippen molar-refractivity contribution in [2.24, 2.45) is 0 Å². The first-order chi connectivity index (χ1) is 11.7. The zero-order chi connectivity index (χ0) is 16.8. The summed E-state index contributed by atoms with van der Waals surface area (Å²) in [5, 5.41) is 0. The molecular formula is C19H20BrN3O. The van der Waals surface area contributed by atoms with Gasteiger partial charge in [0, 0.05) is 22.6 Å². The quantitative estimate of drug-likeness (QED) is 0.616. The molecule has 0 aliphatic carbocycles. The first-order valence-electron chi connectivity index (χ1n) is 7.91. The third kappa shape index (κ3) is 4.86. The van der Waals surface area contributed by atoms with Crippen LogP contribution >= 0.6 is 15.9 Å². The van der Waals surface area contributed by atoms with Crippen molar-refractivity contribution in [3.05, 3.63) is 77.3 Å². The maximum Gasteiger partial charge on any atom is 0.119 e. The van der Waals surface area contributed by atoms with Gasteiger partial charge in [0.1, 0.15) is 11.9 Å². The maximum absolute atomic E-state index is 6.17. The largest absolute Gasteiger partial charge is 0.489 e. The Morgan fingerprint density at radius 2 is 1.83 bits per heavy atom. The van der Waals surface area contributed by atoms with Crippen LogP contribution in [0.3, 0.4) is 0 Å². The predicted octanol–water partition coefficient (Wildman–Crippen LogP) is 4.31. The molecule has 1 atom stereocenters. The molecule has 2 N–H and O–H groups in total. The summed E-state index contributed by atoms with van der Waals surface area (Å²) in [6, 6.07) is 16.0. The summed E-state index contributed by atoms with van der Waals surface area (Å²) in [5.74, 6) is 0.838. The van der Waals surface area contributed by atoms with Crippen molar-refractivity contribution in [2.45, 2.75) is 25.5 Å². The van der Waals surface area contributed by atoms with Crippen LogP contribution < -0.4 is 10.5 Å². The van der Waals surface area contributed by atoms with E-state index in [9.17, 15) is 0 Å². The molecule has 24 heavy (non-hydrogen) atoms. The normalized spacial score (nSPS) is 12.0. The minimum absolute atomic E-state index is 0.0615. The monoisotopic (exact) mass is 385 g/mol. The topological polar surface area (TPSA) is 53.1 Å². The Bertz CT molecular complexity index is 739. The van der Waals surface area contributed by atoms with Crippen molar-refractivity contribution in [3.63, 3.8) is 0 Å². The van der Waals surface area contributed by atoms with E-state index < -0.39 is 0 Å². The summed E-state index contributed by atoms with van der Waals surface area (Å²) in [5.41, 5.74) is 7.78. The molecule has 0 amide bonds. The van der Waals surface area contributed by atoms with Crippen LogP contribution in [0.2, 0.25) is 0 Å². The van der Waals surface area contributed by atoms with Crippen LogP contribution in [0.15, 0.2) is 71.7 Å². The maximum atomic E-state index is 6.17. The molecule has 1 unspecified atom stereocenters. The molecule has 0 saturated heterocycles. The van der Waals surface area contributed by atoms with Crippen LogP contribution in [-0.4, -0.2) is 15.7 Å². The van der Waals surface area contributed by atoms with Crippen LogP contribution in [0, 0.1) is 0 Å². The number of aromatic nitrogens is 2. The molecule has 3 aromatic rings. The smallest absolute Gasteiger partial charge is 0.119 e. The first kappa shape index (κ1) is 16.6. The number of rotatable bonds is 7. The standard InChI is InChI=1S/C19H20BrN3O/c20-16-4-1-15(2-5-16)3-8-19(13-23-12-11-22-14-23)24-18-9-6-17(21)7-10-18/h1-2,4-7,9-12,14,19H,3,8,13,21H2. The molecule has 0 saturated carbocycles. The Morgan fingerprint density at radius 3 is 2.50 bits per heavy atom. The zero-order valence-electron chi connectivity index (χ0n) is 13.3. The van der Waals surface area contributed by atoms with Crippen LogP contribution in [0.4, 0.5) is 5.69 Å².